The third-order valence-electron chi connectivity index (χ3n) is 4.15. The van der Waals surface area contributed by atoms with Crippen molar-refractivity contribution in [2.75, 3.05) is 18.5 Å². The average Bonchev–Trinajstić information content (AvgIpc) is 3.08. The van der Waals surface area contributed by atoms with Crippen molar-refractivity contribution in [3.8, 4) is 11.5 Å². The highest BCUT2D eigenvalue weighted by Gasteiger charge is 2.27. The van der Waals surface area contributed by atoms with E-state index in [-0.39, 0.29) is 6.17 Å². The third kappa shape index (κ3) is 2.46. The van der Waals surface area contributed by atoms with Crippen LogP contribution < -0.4 is 20.5 Å². The molecule has 0 bridgehead atoms. The van der Waals surface area contributed by atoms with Crippen LogP contribution in [0.2, 0.25) is 0 Å². The van der Waals surface area contributed by atoms with E-state index in [1.807, 2.05) is 22.1 Å². The molecule has 1 aromatic carbocycles. The van der Waals surface area contributed by atoms with Crippen LogP contribution in [0.4, 0.5) is 5.95 Å². The second-order valence-electron chi connectivity index (χ2n) is 5.82. The number of nitrogens with two attached hydrogens (primary N) is 1. The Morgan fingerprint density at radius 2 is 2.04 bits per heavy atom. The van der Waals surface area contributed by atoms with Crippen LogP contribution in [-0.4, -0.2) is 28.7 Å². The Labute approximate surface area is 155 Å². The van der Waals surface area contributed by atoms with E-state index in [1.54, 1.807) is 11.3 Å². The van der Waals surface area contributed by atoms with Crippen LogP contribution >= 0.6 is 27.3 Å². The topological polar surface area (TPSA) is 86.7 Å². The first-order valence-corrected chi connectivity index (χ1v) is 9.52. The molecule has 2 aliphatic rings. The van der Waals surface area contributed by atoms with Crippen molar-refractivity contribution in [1.29, 1.82) is 0 Å². The molecule has 2 aromatic heterocycles. The Morgan fingerprint density at radius 1 is 1.24 bits per heavy atom. The van der Waals surface area contributed by atoms with Crippen LogP contribution in [0, 0.1) is 0 Å². The largest absolute Gasteiger partial charge is 0.489 e. The van der Waals surface area contributed by atoms with Gasteiger partial charge in [0.05, 0.1) is 29.1 Å². The van der Waals surface area contributed by atoms with Gasteiger partial charge in [0.15, 0.2) is 23.6 Å². The lowest BCUT2D eigenvalue weighted by molar-refractivity contribution is 0.297. The maximum atomic E-state index is 5.98. The number of ether oxygens (including phenoxy) is 2. The summed E-state index contributed by atoms with van der Waals surface area (Å²) in [5.74, 6) is 2.48. The Kier molecular flexibility index (Phi) is 3.39. The summed E-state index contributed by atoms with van der Waals surface area (Å²) in [7, 11) is 0. The number of rotatable bonds is 1. The second-order valence-corrected chi connectivity index (χ2v) is 7.68. The number of thiophene rings is 1. The molecule has 9 heteroatoms. The fourth-order valence-corrected chi connectivity index (χ4v) is 4.55. The molecule has 3 aromatic rings. The monoisotopic (exact) mass is 419 g/mol. The van der Waals surface area contributed by atoms with Gasteiger partial charge in [0.25, 0.3) is 0 Å². The van der Waals surface area contributed by atoms with E-state index in [0.717, 1.165) is 38.3 Å². The summed E-state index contributed by atoms with van der Waals surface area (Å²) >= 11 is 5.13. The van der Waals surface area contributed by atoms with Gasteiger partial charge in [0.2, 0.25) is 5.95 Å². The maximum Gasteiger partial charge on any atom is 0.212 e. The van der Waals surface area contributed by atoms with Gasteiger partial charge < -0.3 is 15.2 Å². The molecule has 2 aliphatic heterocycles. The van der Waals surface area contributed by atoms with Crippen molar-refractivity contribution >= 4 is 50.2 Å². The number of halogens is 1. The zero-order valence-corrected chi connectivity index (χ0v) is 15.4. The first-order valence-electron chi connectivity index (χ1n) is 7.85. The smallest absolute Gasteiger partial charge is 0.212 e. The van der Waals surface area contributed by atoms with Gasteiger partial charge in [-0.3, -0.25) is 9.88 Å². The minimum Gasteiger partial charge on any atom is -0.489 e. The summed E-state index contributed by atoms with van der Waals surface area (Å²) in [4.78, 5) is 10.3. The Morgan fingerprint density at radius 3 is 2.80 bits per heavy atom. The Balaban J connectivity index is 1.72. The minimum absolute atomic E-state index is 0.262. The summed E-state index contributed by atoms with van der Waals surface area (Å²) in [6.45, 7) is 1.29. The SMILES string of the molecule is NC1=NC(c2cc(Br)cs2)n2c(nc3cc4c(cc32)OCCCO4)N1. The average molecular weight is 420 g/mol. The summed E-state index contributed by atoms with van der Waals surface area (Å²) in [6.07, 6.45) is 0.605. The van der Waals surface area contributed by atoms with Crippen LogP contribution in [0.15, 0.2) is 33.0 Å². The van der Waals surface area contributed by atoms with Crippen molar-refractivity contribution in [3.63, 3.8) is 0 Å². The van der Waals surface area contributed by atoms with Gasteiger partial charge in [-0.05, 0) is 22.0 Å². The number of aromatic nitrogens is 2. The van der Waals surface area contributed by atoms with E-state index < -0.39 is 0 Å². The normalized spacial score (nSPS) is 19.1. The van der Waals surface area contributed by atoms with Crippen molar-refractivity contribution in [1.82, 2.24) is 9.55 Å². The number of benzene rings is 1. The molecule has 1 unspecified atom stereocenters. The molecular formula is C16H14BrN5O2S. The number of fused-ring (bicyclic) bond motifs is 4. The molecule has 0 spiro atoms. The number of nitrogens with one attached hydrogen (secondary N) is 1. The minimum atomic E-state index is -0.262. The molecule has 0 saturated carbocycles. The lowest BCUT2D eigenvalue weighted by Gasteiger charge is -2.22. The molecule has 0 fully saturated rings. The van der Waals surface area contributed by atoms with Gasteiger partial charge in [0.1, 0.15) is 0 Å². The highest BCUT2D eigenvalue weighted by Crippen LogP contribution is 2.40. The Hall–Kier alpha value is -2.26. The fourth-order valence-electron chi connectivity index (χ4n) is 3.08. The molecular weight excluding hydrogens is 406 g/mol. The second kappa shape index (κ2) is 5.63. The number of imidazole rings is 1. The molecule has 0 amide bonds. The lowest BCUT2D eigenvalue weighted by atomic mass is 10.2. The van der Waals surface area contributed by atoms with E-state index in [2.05, 4.69) is 37.3 Å². The zero-order valence-electron chi connectivity index (χ0n) is 13.0. The molecule has 25 heavy (non-hydrogen) atoms. The van der Waals surface area contributed by atoms with E-state index in [4.69, 9.17) is 15.2 Å². The lowest BCUT2D eigenvalue weighted by Crippen LogP contribution is -2.31. The maximum absolute atomic E-state index is 5.98. The highest BCUT2D eigenvalue weighted by molar-refractivity contribution is 9.10. The van der Waals surface area contributed by atoms with Gasteiger partial charge in [-0.25, -0.2) is 9.98 Å². The molecule has 4 heterocycles. The van der Waals surface area contributed by atoms with Gasteiger partial charge in [-0.1, -0.05) is 0 Å². The van der Waals surface area contributed by atoms with Crippen LogP contribution in [0.3, 0.4) is 0 Å². The summed E-state index contributed by atoms with van der Waals surface area (Å²) in [5.41, 5.74) is 7.72. The molecule has 3 N–H and O–H groups in total. The fraction of sp³-hybridized carbons (Fsp3) is 0.250. The van der Waals surface area contributed by atoms with Crippen LogP contribution in [0.25, 0.3) is 11.0 Å². The van der Waals surface area contributed by atoms with Crippen LogP contribution in [-0.2, 0) is 0 Å². The van der Waals surface area contributed by atoms with E-state index in [9.17, 15) is 0 Å². The summed E-state index contributed by atoms with van der Waals surface area (Å²) in [6, 6.07) is 5.94. The predicted molar refractivity (Wildman–Crippen MR) is 101 cm³/mol. The molecule has 5 rings (SSSR count). The number of aliphatic imine (C=N–C) groups is 1. The van der Waals surface area contributed by atoms with Gasteiger partial charge in [0, 0.05) is 28.4 Å². The molecule has 1 atom stereocenters. The summed E-state index contributed by atoms with van der Waals surface area (Å²) < 4.78 is 14.7. The Bertz CT molecular complexity index is 1010. The molecule has 0 saturated heterocycles. The number of guanidine groups is 1. The molecule has 128 valence electrons. The quantitative estimate of drug-likeness (QED) is 0.631. The zero-order chi connectivity index (χ0) is 17.0. The van der Waals surface area contributed by atoms with E-state index in [1.165, 1.54) is 0 Å². The molecule has 7 nitrogen and oxygen atoms in total. The first-order chi connectivity index (χ1) is 12.2. The standard InChI is InChI=1S/C16H14BrN5O2S/c17-8-4-13(25-7-8)14-20-15(18)21-16-19-9-5-11-12(6-10(9)22(14)16)24-3-1-2-23-11/h4-7,14H,1-3H2,(H3,18,19,20,21). The molecule has 0 radical (unpaired) electrons. The van der Waals surface area contributed by atoms with Gasteiger partial charge in [-0.15, -0.1) is 11.3 Å². The van der Waals surface area contributed by atoms with Crippen molar-refractivity contribution < 1.29 is 9.47 Å². The number of hydrogen-bond acceptors (Lipinski definition) is 7. The third-order valence-corrected chi connectivity index (χ3v) is 5.88. The number of anilines is 1. The van der Waals surface area contributed by atoms with E-state index >= 15 is 0 Å². The van der Waals surface area contributed by atoms with Crippen molar-refractivity contribution in [2.24, 2.45) is 10.7 Å². The van der Waals surface area contributed by atoms with E-state index in [0.29, 0.717) is 25.1 Å². The van der Waals surface area contributed by atoms with Crippen molar-refractivity contribution in [3.05, 3.63) is 32.9 Å². The summed E-state index contributed by atoms with van der Waals surface area (Å²) in [5, 5.41) is 5.08. The van der Waals surface area contributed by atoms with Gasteiger partial charge >= 0.3 is 0 Å². The highest BCUT2D eigenvalue weighted by atomic mass is 79.9. The number of nitrogens with zero attached hydrogens (tertiary/aromatic N) is 3. The predicted octanol–water partition coefficient (Wildman–Crippen LogP) is 3.31. The van der Waals surface area contributed by atoms with Crippen LogP contribution in [0.1, 0.15) is 17.5 Å². The first kappa shape index (κ1) is 15.0. The van der Waals surface area contributed by atoms with Crippen molar-refractivity contribution in [2.45, 2.75) is 12.6 Å². The van der Waals surface area contributed by atoms with Crippen LogP contribution in [0.5, 0.6) is 11.5 Å². The molecule has 0 aliphatic carbocycles. The van der Waals surface area contributed by atoms with Gasteiger partial charge in [-0.2, -0.15) is 0 Å². The number of hydrogen-bond donors (Lipinski definition) is 2.